The van der Waals surface area contributed by atoms with E-state index in [1.54, 1.807) is 26.4 Å². The van der Waals surface area contributed by atoms with Crippen molar-refractivity contribution in [1.29, 1.82) is 0 Å². The van der Waals surface area contributed by atoms with Crippen molar-refractivity contribution in [2.45, 2.75) is 19.6 Å². The van der Waals surface area contributed by atoms with Crippen LogP contribution in [-0.2, 0) is 6.54 Å². The quantitative estimate of drug-likeness (QED) is 0.909. The van der Waals surface area contributed by atoms with Gasteiger partial charge in [0.2, 0.25) is 0 Å². The van der Waals surface area contributed by atoms with Gasteiger partial charge in [0.1, 0.15) is 5.75 Å². The number of benzene rings is 1. The second-order valence-electron chi connectivity index (χ2n) is 4.78. The largest absolute Gasteiger partial charge is 0.496 e. The molecule has 106 valence electrons. The molecular formula is C16H20N2O2. The molecule has 20 heavy (non-hydrogen) atoms. The molecule has 0 aliphatic rings. The van der Waals surface area contributed by atoms with Crippen LogP contribution in [0.1, 0.15) is 24.2 Å². The fourth-order valence-electron chi connectivity index (χ4n) is 2.31. The van der Waals surface area contributed by atoms with Gasteiger partial charge < -0.3 is 14.7 Å². The highest BCUT2D eigenvalue weighted by Crippen LogP contribution is 2.34. The third kappa shape index (κ3) is 3.08. The van der Waals surface area contributed by atoms with Crippen molar-refractivity contribution in [2.75, 3.05) is 19.1 Å². The zero-order valence-corrected chi connectivity index (χ0v) is 12.1. The molecule has 1 atom stereocenters. The van der Waals surface area contributed by atoms with Crippen molar-refractivity contribution in [2.24, 2.45) is 0 Å². The van der Waals surface area contributed by atoms with Gasteiger partial charge in [-0.3, -0.25) is 4.98 Å². The van der Waals surface area contributed by atoms with Gasteiger partial charge in [-0.1, -0.05) is 6.07 Å². The summed E-state index contributed by atoms with van der Waals surface area (Å²) < 4.78 is 5.35. The molecule has 0 aliphatic heterocycles. The molecule has 0 fully saturated rings. The number of hydrogen-bond donors (Lipinski definition) is 1. The van der Waals surface area contributed by atoms with Crippen LogP contribution in [0.3, 0.4) is 0 Å². The van der Waals surface area contributed by atoms with Gasteiger partial charge in [-0.25, -0.2) is 0 Å². The van der Waals surface area contributed by atoms with Gasteiger partial charge in [0.15, 0.2) is 0 Å². The van der Waals surface area contributed by atoms with Crippen molar-refractivity contribution in [3.63, 3.8) is 0 Å². The summed E-state index contributed by atoms with van der Waals surface area (Å²) in [5.41, 5.74) is 2.95. The van der Waals surface area contributed by atoms with Gasteiger partial charge in [0, 0.05) is 37.2 Å². The molecule has 1 aromatic carbocycles. The third-order valence-corrected chi connectivity index (χ3v) is 3.26. The minimum absolute atomic E-state index is 0.582. The first-order valence-electron chi connectivity index (χ1n) is 6.58. The Labute approximate surface area is 119 Å². The second kappa shape index (κ2) is 6.39. The monoisotopic (exact) mass is 272 g/mol. The summed E-state index contributed by atoms with van der Waals surface area (Å²) in [5.74, 6) is 0.707. The Morgan fingerprint density at radius 1 is 1.25 bits per heavy atom. The first-order chi connectivity index (χ1) is 9.63. The summed E-state index contributed by atoms with van der Waals surface area (Å²) in [6, 6.07) is 9.76. The number of aromatic nitrogens is 1. The van der Waals surface area contributed by atoms with Gasteiger partial charge in [0.25, 0.3) is 0 Å². The van der Waals surface area contributed by atoms with E-state index in [4.69, 9.17) is 4.74 Å². The fraction of sp³-hybridized carbons (Fsp3) is 0.312. The second-order valence-corrected chi connectivity index (χ2v) is 4.78. The fourth-order valence-corrected chi connectivity index (χ4v) is 2.31. The van der Waals surface area contributed by atoms with E-state index in [0.29, 0.717) is 5.75 Å². The highest BCUT2D eigenvalue weighted by atomic mass is 16.5. The maximum absolute atomic E-state index is 10.0. The molecule has 1 N–H and O–H groups in total. The summed E-state index contributed by atoms with van der Waals surface area (Å²) in [5, 5.41) is 10.0. The zero-order chi connectivity index (χ0) is 14.5. The normalized spacial score (nSPS) is 12.0. The molecule has 4 nitrogen and oxygen atoms in total. The van der Waals surface area contributed by atoms with Crippen LogP contribution in [0.25, 0.3) is 0 Å². The number of methoxy groups -OCH3 is 1. The van der Waals surface area contributed by atoms with Crippen LogP contribution in [0, 0.1) is 0 Å². The van der Waals surface area contributed by atoms with Crippen molar-refractivity contribution >= 4 is 5.69 Å². The summed E-state index contributed by atoms with van der Waals surface area (Å²) in [6.07, 6.45) is 2.98. The molecule has 0 bridgehead atoms. The van der Waals surface area contributed by atoms with E-state index in [9.17, 15) is 5.11 Å². The van der Waals surface area contributed by atoms with Crippen LogP contribution in [-0.4, -0.2) is 24.2 Å². The summed E-state index contributed by atoms with van der Waals surface area (Å²) in [7, 11) is 3.62. The Bertz CT molecular complexity index is 556. The number of aliphatic hydroxyl groups excluding tert-OH is 1. The molecule has 2 rings (SSSR count). The van der Waals surface area contributed by atoms with Crippen LogP contribution in [0.5, 0.6) is 5.75 Å². The molecule has 0 aliphatic carbocycles. The smallest absolute Gasteiger partial charge is 0.126 e. The SMILES string of the molecule is COc1cccc(N(C)Cc2ccncc2)c1[C@@H](C)O. The van der Waals surface area contributed by atoms with E-state index in [1.165, 1.54) is 5.56 Å². The van der Waals surface area contributed by atoms with E-state index >= 15 is 0 Å². The number of pyridine rings is 1. The summed E-state index contributed by atoms with van der Waals surface area (Å²) in [6.45, 7) is 2.50. The Morgan fingerprint density at radius 2 is 1.95 bits per heavy atom. The lowest BCUT2D eigenvalue weighted by Gasteiger charge is -2.25. The minimum atomic E-state index is -0.582. The topological polar surface area (TPSA) is 45.6 Å². The third-order valence-electron chi connectivity index (χ3n) is 3.26. The summed E-state index contributed by atoms with van der Waals surface area (Å²) in [4.78, 5) is 6.12. The first-order valence-corrected chi connectivity index (χ1v) is 6.58. The molecule has 0 radical (unpaired) electrons. The van der Waals surface area contributed by atoms with E-state index < -0.39 is 6.10 Å². The molecular weight excluding hydrogens is 252 g/mol. The van der Waals surface area contributed by atoms with Gasteiger partial charge in [-0.15, -0.1) is 0 Å². The predicted octanol–water partition coefficient (Wildman–Crippen LogP) is 2.78. The predicted molar refractivity (Wildman–Crippen MR) is 80.0 cm³/mol. The molecule has 0 spiro atoms. The number of anilines is 1. The van der Waals surface area contributed by atoms with Crippen LogP contribution in [0.4, 0.5) is 5.69 Å². The molecule has 0 saturated heterocycles. The van der Waals surface area contributed by atoms with Crippen LogP contribution in [0.15, 0.2) is 42.7 Å². The minimum Gasteiger partial charge on any atom is -0.496 e. The number of aliphatic hydroxyl groups is 1. The molecule has 0 saturated carbocycles. The Morgan fingerprint density at radius 3 is 2.55 bits per heavy atom. The Hall–Kier alpha value is -2.07. The van der Waals surface area contributed by atoms with E-state index in [2.05, 4.69) is 9.88 Å². The average molecular weight is 272 g/mol. The van der Waals surface area contributed by atoms with Crippen LogP contribution < -0.4 is 9.64 Å². The molecule has 0 amide bonds. The summed E-state index contributed by atoms with van der Waals surface area (Å²) >= 11 is 0. The van der Waals surface area contributed by atoms with Gasteiger partial charge in [-0.05, 0) is 36.8 Å². The number of rotatable bonds is 5. The standard InChI is InChI=1S/C16H20N2O2/c1-12(19)16-14(5-4-6-15(16)20-3)18(2)11-13-7-9-17-10-8-13/h4-10,12,19H,11H2,1-3H3/t12-/m1/s1. The maximum Gasteiger partial charge on any atom is 0.126 e. The first kappa shape index (κ1) is 14.3. The highest BCUT2D eigenvalue weighted by Gasteiger charge is 2.16. The van der Waals surface area contributed by atoms with E-state index in [-0.39, 0.29) is 0 Å². The number of ether oxygens (including phenoxy) is 1. The van der Waals surface area contributed by atoms with Crippen molar-refractivity contribution in [3.05, 3.63) is 53.9 Å². The number of hydrogen-bond acceptors (Lipinski definition) is 4. The van der Waals surface area contributed by atoms with Gasteiger partial charge >= 0.3 is 0 Å². The van der Waals surface area contributed by atoms with E-state index in [0.717, 1.165) is 17.8 Å². The lowest BCUT2D eigenvalue weighted by molar-refractivity contribution is 0.194. The lowest BCUT2D eigenvalue weighted by atomic mass is 10.1. The van der Waals surface area contributed by atoms with E-state index in [1.807, 2.05) is 37.4 Å². The molecule has 0 unspecified atom stereocenters. The van der Waals surface area contributed by atoms with Crippen molar-refractivity contribution in [3.8, 4) is 5.75 Å². The highest BCUT2D eigenvalue weighted by molar-refractivity contribution is 5.60. The average Bonchev–Trinajstić information content (AvgIpc) is 2.47. The molecule has 2 aromatic rings. The van der Waals surface area contributed by atoms with Crippen LogP contribution >= 0.6 is 0 Å². The van der Waals surface area contributed by atoms with Gasteiger partial charge in [0.05, 0.1) is 13.2 Å². The van der Waals surface area contributed by atoms with Crippen molar-refractivity contribution in [1.82, 2.24) is 4.98 Å². The van der Waals surface area contributed by atoms with Crippen LogP contribution in [0.2, 0.25) is 0 Å². The maximum atomic E-state index is 10.0. The number of nitrogens with zero attached hydrogens (tertiary/aromatic N) is 2. The molecule has 4 heteroatoms. The Balaban J connectivity index is 2.32. The lowest BCUT2D eigenvalue weighted by Crippen LogP contribution is -2.19. The molecule has 1 aromatic heterocycles. The molecule has 1 heterocycles. The van der Waals surface area contributed by atoms with Gasteiger partial charge in [-0.2, -0.15) is 0 Å². The van der Waals surface area contributed by atoms with Crippen molar-refractivity contribution < 1.29 is 9.84 Å². The zero-order valence-electron chi connectivity index (χ0n) is 12.1. The Kier molecular flexibility index (Phi) is 4.58.